The van der Waals surface area contributed by atoms with Crippen LogP contribution in [-0.2, 0) is 9.47 Å². The Balaban J connectivity index is 2.40. The predicted molar refractivity (Wildman–Crippen MR) is 56.9 cm³/mol. The van der Waals surface area contributed by atoms with Gasteiger partial charge in [-0.15, -0.1) is 0 Å². The minimum absolute atomic E-state index is 0.0952. The number of carbonyl (C=O) groups excluding carboxylic acids is 1. The van der Waals surface area contributed by atoms with Crippen LogP contribution in [0.2, 0.25) is 0 Å². The van der Waals surface area contributed by atoms with Gasteiger partial charge in [0.2, 0.25) is 0 Å². The first kappa shape index (κ1) is 12.3. The van der Waals surface area contributed by atoms with E-state index in [4.69, 9.17) is 9.47 Å². The molecule has 0 unspecified atom stereocenters. The van der Waals surface area contributed by atoms with Gasteiger partial charge in [-0.1, -0.05) is 0 Å². The summed E-state index contributed by atoms with van der Waals surface area (Å²) in [5.41, 5.74) is 0. The van der Waals surface area contributed by atoms with Gasteiger partial charge in [-0.25, -0.2) is 4.79 Å². The van der Waals surface area contributed by atoms with Crippen molar-refractivity contribution in [3.8, 4) is 0 Å². The summed E-state index contributed by atoms with van der Waals surface area (Å²) in [7, 11) is 1.65. The smallest absolute Gasteiger partial charge is 0.320 e. The Labute approximate surface area is 90.9 Å². The first-order valence-corrected chi connectivity index (χ1v) is 5.40. The van der Waals surface area contributed by atoms with Crippen LogP contribution < -0.4 is 0 Å². The molecule has 1 heterocycles. The summed E-state index contributed by atoms with van der Waals surface area (Å²) in [6.45, 7) is 6.63. The van der Waals surface area contributed by atoms with Gasteiger partial charge in [0.15, 0.2) is 0 Å². The Morgan fingerprint density at radius 3 is 2.67 bits per heavy atom. The third-order valence-corrected chi connectivity index (χ3v) is 2.50. The van der Waals surface area contributed by atoms with E-state index in [9.17, 15) is 4.79 Å². The van der Waals surface area contributed by atoms with E-state index in [1.54, 1.807) is 12.0 Å². The fraction of sp³-hybridized carbons (Fsp3) is 0.900. The lowest BCUT2D eigenvalue weighted by atomic mass is 10.4. The summed E-state index contributed by atoms with van der Waals surface area (Å²) >= 11 is 0. The van der Waals surface area contributed by atoms with Crippen LogP contribution in [0.3, 0.4) is 0 Å². The fourth-order valence-corrected chi connectivity index (χ4v) is 1.55. The normalized spacial score (nSPS) is 16.5. The third kappa shape index (κ3) is 3.68. The number of hydrogen-bond acceptors (Lipinski definition) is 3. The molecule has 1 fully saturated rings. The number of likely N-dealkylation sites (N-methyl/N-ethyl adjacent to an activating group) is 1. The van der Waals surface area contributed by atoms with Crippen molar-refractivity contribution in [2.75, 3.05) is 53.1 Å². The lowest BCUT2D eigenvalue weighted by molar-refractivity contribution is 0.0413. The molecule has 0 aromatic rings. The van der Waals surface area contributed by atoms with Crippen LogP contribution in [0.15, 0.2) is 0 Å². The second-order valence-corrected chi connectivity index (χ2v) is 3.45. The molecule has 1 saturated heterocycles. The van der Waals surface area contributed by atoms with Gasteiger partial charge in [0, 0.05) is 33.3 Å². The van der Waals surface area contributed by atoms with Crippen LogP contribution in [0.1, 0.15) is 6.92 Å². The number of ether oxygens (including phenoxy) is 2. The van der Waals surface area contributed by atoms with E-state index in [0.717, 1.165) is 6.54 Å². The first-order chi connectivity index (χ1) is 7.29. The number of rotatable bonds is 4. The van der Waals surface area contributed by atoms with Crippen LogP contribution in [0.4, 0.5) is 4.79 Å². The average Bonchev–Trinajstić information content (AvgIpc) is 2.31. The molecule has 0 atom stereocenters. The van der Waals surface area contributed by atoms with Crippen LogP contribution in [0.5, 0.6) is 0 Å². The molecule has 0 radical (unpaired) electrons. The molecule has 2 amide bonds. The molecular weight excluding hydrogens is 196 g/mol. The topological polar surface area (TPSA) is 42.0 Å². The summed E-state index contributed by atoms with van der Waals surface area (Å²) in [6.07, 6.45) is 0. The molecule has 0 saturated carbocycles. The van der Waals surface area contributed by atoms with Gasteiger partial charge < -0.3 is 19.3 Å². The average molecular weight is 216 g/mol. The molecule has 88 valence electrons. The van der Waals surface area contributed by atoms with Crippen molar-refractivity contribution >= 4 is 6.03 Å². The minimum atomic E-state index is 0.0952. The number of urea groups is 1. The van der Waals surface area contributed by atoms with E-state index in [-0.39, 0.29) is 6.03 Å². The quantitative estimate of drug-likeness (QED) is 0.683. The van der Waals surface area contributed by atoms with E-state index in [1.807, 2.05) is 11.8 Å². The first-order valence-electron chi connectivity index (χ1n) is 5.40. The molecule has 0 N–H and O–H groups in total. The number of hydrogen-bond donors (Lipinski definition) is 0. The maximum atomic E-state index is 12.0. The Morgan fingerprint density at radius 1 is 1.47 bits per heavy atom. The molecular formula is C10H20N2O3. The Bertz CT molecular complexity index is 193. The maximum absolute atomic E-state index is 12.0. The molecule has 0 bridgehead atoms. The Kier molecular flexibility index (Phi) is 5.42. The summed E-state index contributed by atoms with van der Waals surface area (Å²) in [6, 6.07) is 0.0952. The van der Waals surface area contributed by atoms with Gasteiger partial charge in [0.05, 0.1) is 19.8 Å². The van der Waals surface area contributed by atoms with Gasteiger partial charge in [-0.3, -0.25) is 0 Å². The number of carbonyl (C=O) groups is 1. The van der Waals surface area contributed by atoms with Crippen molar-refractivity contribution in [1.82, 2.24) is 9.80 Å². The van der Waals surface area contributed by atoms with Crippen molar-refractivity contribution in [2.24, 2.45) is 0 Å². The van der Waals surface area contributed by atoms with Gasteiger partial charge in [0.25, 0.3) is 0 Å². The van der Waals surface area contributed by atoms with Crippen molar-refractivity contribution < 1.29 is 14.3 Å². The number of methoxy groups -OCH3 is 1. The highest BCUT2D eigenvalue weighted by Crippen LogP contribution is 2.03. The van der Waals surface area contributed by atoms with Crippen molar-refractivity contribution in [3.63, 3.8) is 0 Å². The zero-order valence-corrected chi connectivity index (χ0v) is 9.57. The zero-order valence-electron chi connectivity index (χ0n) is 9.57. The highest BCUT2D eigenvalue weighted by molar-refractivity contribution is 5.74. The predicted octanol–water partition coefficient (Wildman–Crippen LogP) is 0.407. The molecule has 0 spiro atoms. The molecule has 1 aliphatic rings. The molecule has 15 heavy (non-hydrogen) atoms. The molecule has 1 rings (SSSR count). The van der Waals surface area contributed by atoms with Gasteiger partial charge in [-0.2, -0.15) is 0 Å². The monoisotopic (exact) mass is 216 g/mol. The van der Waals surface area contributed by atoms with Crippen LogP contribution in [-0.4, -0.2) is 68.9 Å². The molecule has 1 aliphatic heterocycles. The minimum Gasteiger partial charge on any atom is -0.383 e. The highest BCUT2D eigenvalue weighted by Gasteiger charge is 2.21. The lowest BCUT2D eigenvalue weighted by Gasteiger charge is -2.32. The van der Waals surface area contributed by atoms with E-state index in [1.165, 1.54) is 0 Å². The summed E-state index contributed by atoms with van der Waals surface area (Å²) in [5, 5.41) is 0. The van der Waals surface area contributed by atoms with Gasteiger partial charge >= 0.3 is 6.03 Å². The third-order valence-electron chi connectivity index (χ3n) is 2.50. The number of morpholine rings is 1. The van der Waals surface area contributed by atoms with Gasteiger partial charge in [-0.05, 0) is 6.92 Å². The standard InChI is InChI=1S/C10H20N2O3/c1-3-11(4-7-14-2)10(13)12-5-8-15-9-6-12/h3-9H2,1-2H3. The Hall–Kier alpha value is -0.810. The zero-order chi connectivity index (χ0) is 11.1. The molecule has 0 aliphatic carbocycles. The van der Waals surface area contributed by atoms with E-state index >= 15 is 0 Å². The highest BCUT2D eigenvalue weighted by atomic mass is 16.5. The van der Waals surface area contributed by atoms with Crippen LogP contribution >= 0.6 is 0 Å². The van der Waals surface area contributed by atoms with E-state index in [0.29, 0.717) is 39.5 Å². The summed E-state index contributed by atoms with van der Waals surface area (Å²) < 4.78 is 10.2. The van der Waals surface area contributed by atoms with Crippen LogP contribution in [0, 0.1) is 0 Å². The second kappa shape index (κ2) is 6.63. The molecule has 5 heteroatoms. The molecule has 5 nitrogen and oxygen atoms in total. The van der Waals surface area contributed by atoms with Crippen molar-refractivity contribution in [3.05, 3.63) is 0 Å². The molecule has 0 aromatic carbocycles. The van der Waals surface area contributed by atoms with E-state index < -0.39 is 0 Å². The van der Waals surface area contributed by atoms with Gasteiger partial charge in [0.1, 0.15) is 0 Å². The fourth-order valence-electron chi connectivity index (χ4n) is 1.55. The molecule has 0 aromatic heterocycles. The maximum Gasteiger partial charge on any atom is 0.320 e. The summed E-state index contributed by atoms with van der Waals surface area (Å²) in [5.74, 6) is 0. The van der Waals surface area contributed by atoms with E-state index in [2.05, 4.69) is 0 Å². The SMILES string of the molecule is CCN(CCOC)C(=O)N1CCOCC1. The Morgan fingerprint density at radius 2 is 2.13 bits per heavy atom. The number of nitrogens with zero attached hydrogens (tertiary/aromatic N) is 2. The number of amides is 2. The van der Waals surface area contributed by atoms with Crippen molar-refractivity contribution in [2.45, 2.75) is 6.92 Å². The lowest BCUT2D eigenvalue weighted by Crippen LogP contribution is -2.48. The second-order valence-electron chi connectivity index (χ2n) is 3.45. The summed E-state index contributed by atoms with van der Waals surface area (Å²) in [4.78, 5) is 15.6. The largest absolute Gasteiger partial charge is 0.383 e. The van der Waals surface area contributed by atoms with Crippen molar-refractivity contribution in [1.29, 1.82) is 0 Å². The van der Waals surface area contributed by atoms with Crippen LogP contribution in [0.25, 0.3) is 0 Å².